The van der Waals surface area contributed by atoms with E-state index in [4.69, 9.17) is 4.42 Å². The number of fused-ring (bicyclic) bond motifs is 4. The first-order valence-corrected chi connectivity index (χ1v) is 14.7. The average molecular weight is 549 g/mol. The minimum atomic E-state index is 0.0852. The molecule has 3 heteroatoms. The molecular weight excluding hydrogens is 512 g/mol. The molecule has 0 N–H and O–H groups in total. The lowest BCUT2D eigenvalue weighted by atomic mass is 9.85. The van der Waals surface area contributed by atoms with Gasteiger partial charge in [-0.1, -0.05) is 90.1 Å². The van der Waals surface area contributed by atoms with E-state index in [1.165, 1.54) is 38.5 Å². The van der Waals surface area contributed by atoms with Crippen LogP contribution in [0.1, 0.15) is 52.7 Å². The molecule has 2 aromatic heterocycles. The van der Waals surface area contributed by atoms with Crippen LogP contribution in [0.25, 0.3) is 61.2 Å². The second kappa shape index (κ2) is 9.46. The second-order valence-electron chi connectivity index (χ2n) is 13.4. The van der Waals surface area contributed by atoms with Crippen LogP contribution in [0.5, 0.6) is 0 Å². The Labute approximate surface area is 247 Å². The van der Waals surface area contributed by atoms with Gasteiger partial charge in [0.2, 0.25) is 5.89 Å². The maximum Gasteiger partial charge on any atom is 0.227 e. The third-order valence-corrected chi connectivity index (χ3v) is 8.38. The first kappa shape index (κ1) is 26.3. The Morgan fingerprint density at radius 3 is 1.57 bits per heavy atom. The highest BCUT2D eigenvalue weighted by Gasteiger charge is 2.20. The van der Waals surface area contributed by atoms with Crippen molar-refractivity contribution in [1.29, 1.82) is 0 Å². The van der Waals surface area contributed by atoms with Crippen LogP contribution in [0.2, 0.25) is 0 Å². The summed E-state index contributed by atoms with van der Waals surface area (Å²) >= 11 is 0. The molecule has 0 unspecified atom stereocenters. The molecule has 0 atom stereocenters. The van der Waals surface area contributed by atoms with Gasteiger partial charge in [-0.3, -0.25) is 0 Å². The predicted octanol–water partition coefficient (Wildman–Crippen LogP) is 10.9. The third kappa shape index (κ3) is 4.50. The quantitative estimate of drug-likeness (QED) is 0.220. The van der Waals surface area contributed by atoms with Gasteiger partial charge < -0.3 is 8.98 Å². The summed E-state index contributed by atoms with van der Waals surface area (Å²) in [6.07, 6.45) is 0. The van der Waals surface area contributed by atoms with Gasteiger partial charge in [0.05, 0.1) is 11.0 Å². The molecule has 0 aliphatic carbocycles. The summed E-state index contributed by atoms with van der Waals surface area (Å²) < 4.78 is 8.37. The monoisotopic (exact) mass is 548 g/mol. The van der Waals surface area contributed by atoms with Gasteiger partial charge in [-0.15, -0.1) is 0 Å². The topological polar surface area (TPSA) is 31.0 Å². The third-order valence-electron chi connectivity index (χ3n) is 8.38. The lowest BCUT2D eigenvalue weighted by Gasteiger charge is -2.19. The molecule has 7 rings (SSSR count). The van der Waals surface area contributed by atoms with Crippen LogP contribution in [0.15, 0.2) is 114 Å². The number of benzene rings is 5. The standard InChI is InChI=1S/C39H36N2O/c1-38(2,3)28-17-21-34-31(23-28)32-24-29(39(4,5)6)18-22-35(32)41(34)30-19-15-26(16-20-30)25-11-13-27(14-12-25)37-40-33-9-7-8-10-36(33)42-37/h7-24H,1-6H3. The van der Waals surface area contributed by atoms with Crippen molar-refractivity contribution in [3.63, 3.8) is 0 Å². The zero-order valence-corrected chi connectivity index (χ0v) is 25.2. The van der Waals surface area contributed by atoms with Gasteiger partial charge in [-0.25, -0.2) is 4.98 Å². The van der Waals surface area contributed by atoms with Gasteiger partial charge >= 0.3 is 0 Å². The van der Waals surface area contributed by atoms with Crippen molar-refractivity contribution in [2.24, 2.45) is 0 Å². The zero-order valence-electron chi connectivity index (χ0n) is 25.2. The molecule has 7 aromatic rings. The van der Waals surface area contributed by atoms with Gasteiger partial charge in [-0.05, 0) is 93.7 Å². The minimum Gasteiger partial charge on any atom is -0.436 e. The Morgan fingerprint density at radius 1 is 0.548 bits per heavy atom. The Kier molecular flexibility index (Phi) is 5.92. The van der Waals surface area contributed by atoms with Crippen molar-refractivity contribution in [3.05, 3.63) is 120 Å². The summed E-state index contributed by atoms with van der Waals surface area (Å²) in [5.74, 6) is 0.647. The van der Waals surface area contributed by atoms with Crippen LogP contribution >= 0.6 is 0 Å². The smallest absolute Gasteiger partial charge is 0.227 e. The van der Waals surface area contributed by atoms with E-state index >= 15 is 0 Å². The van der Waals surface area contributed by atoms with Crippen molar-refractivity contribution in [3.8, 4) is 28.3 Å². The number of rotatable bonds is 3. The summed E-state index contributed by atoms with van der Waals surface area (Å²) in [4.78, 5) is 4.64. The van der Waals surface area contributed by atoms with Crippen LogP contribution in [0.3, 0.4) is 0 Å². The van der Waals surface area contributed by atoms with Gasteiger partial charge in [0.1, 0.15) is 5.52 Å². The maximum atomic E-state index is 5.96. The van der Waals surface area contributed by atoms with Crippen molar-refractivity contribution >= 4 is 32.9 Å². The molecule has 42 heavy (non-hydrogen) atoms. The number of hydrogen-bond acceptors (Lipinski definition) is 2. The van der Waals surface area contributed by atoms with E-state index in [-0.39, 0.29) is 10.8 Å². The van der Waals surface area contributed by atoms with Crippen LogP contribution in [0, 0.1) is 0 Å². The summed E-state index contributed by atoms with van der Waals surface area (Å²) in [6, 6.07) is 39.2. The Bertz CT molecular complexity index is 1970. The lowest BCUT2D eigenvalue weighted by molar-refractivity contribution is 0.590. The summed E-state index contributed by atoms with van der Waals surface area (Å²) in [6.45, 7) is 13.7. The normalized spacial score (nSPS) is 12.5. The number of aromatic nitrogens is 2. The molecule has 0 amide bonds. The second-order valence-corrected chi connectivity index (χ2v) is 13.4. The molecule has 0 saturated carbocycles. The fourth-order valence-corrected chi connectivity index (χ4v) is 5.84. The van der Waals surface area contributed by atoms with Crippen LogP contribution in [-0.2, 0) is 10.8 Å². The Hall–Kier alpha value is -4.63. The van der Waals surface area contributed by atoms with Crippen molar-refractivity contribution in [2.75, 3.05) is 0 Å². The minimum absolute atomic E-state index is 0.0852. The number of oxazole rings is 1. The van der Waals surface area contributed by atoms with Gasteiger partial charge in [-0.2, -0.15) is 0 Å². The lowest BCUT2D eigenvalue weighted by Crippen LogP contribution is -2.10. The Balaban J connectivity index is 1.28. The molecule has 0 fully saturated rings. The molecule has 0 spiro atoms. The number of hydrogen-bond donors (Lipinski definition) is 0. The van der Waals surface area contributed by atoms with Crippen LogP contribution in [0.4, 0.5) is 0 Å². The molecule has 0 bridgehead atoms. The predicted molar refractivity (Wildman–Crippen MR) is 177 cm³/mol. The fraction of sp³-hybridized carbons (Fsp3) is 0.205. The van der Waals surface area contributed by atoms with E-state index in [9.17, 15) is 0 Å². The summed E-state index contributed by atoms with van der Waals surface area (Å²) in [5.41, 5.74) is 11.5. The first-order chi connectivity index (χ1) is 20.1. The molecule has 5 aromatic carbocycles. The van der Waals surface area contributed by atoms with Crippen LogP contribution < -0.4 is 0 Å². The SMILES string of the molecule is CC(C)(C)c1ccc2c(c1)c1cc(C(C)(C)C)ccc1n2-c1ccc(-c2ccc(-c3nc4ccccc4o3)cc2)cc1. The van der Waals surface area contributed by atoms with E-state index in [0.717, 1.165) is 27.9 Å². The molecule has 208 valence electrons. The highest BCUT2D eigenvalue weighted by molar-refractivity contribution is 6.10. The molecule has 0 saturated heterocycles. The van der Waals surface area contributed by atoms with Crippen LogP contribution in [-0.4, -0.2) is 9.55 Å². The molecule has 0 aliphatic heterocycles. The fourth-order valence-electron chi connectivity index (χ4n) is 5.84. The molecule has 2 heterocycles. The van der Waals surface area contributed by atoms with E-state index < -0.39 is 0 Å². The van der Waals surface area contributed by atoms with E-state index in [1.807, 2.05) is 24.3 Å². The average Bonchev–Trinajstić information content (AvgIpc) is 3.55. The van der Waals surface area contributed by atoms with Gasteiger partial charge in [0, 0.05) is 22.0 Å². The summed E-state index contributed by atoms with van der Waals surface area (Å²) in [5, 5.41) is 2.62. The highest BCUT2D eigenvalue weighted by atomic mass is 16.3. The maximum absolute atomic E-state index is 5.96. The largest absolute Gasteiger partial charge is 0.436 e. The van der Waals surface area contributed by atoms with E-state index in [2.05, 4.69) is 136 Å². The van der Waals surface area contributed by atoms with E-state index in [0.29, 0.717) is 5.89 Å². The highest BCUT2D eigenvalue weighted by Crippen LogP contribution is 2.38. The first-order valence-electron chi connectivity index (χ1n) is 14.7. The van der Waals surface area contributed by atoms with E-state index in [1.54, 1.807) is 0 Å². The number of nitrogens with zero attached hydrogens (tertiary/aromatic N) is 2. The van der Waals surface area contributed by atoms with Crippen molar-refractivity contribution in [1.82, 2.24) is 9.55 Å². The molecule has 0 radical (unpaired) electrons. The number of para-hydroxylation sites is 2. The molecule has 3 nitrogen and oxygen atoms in total. The zero-order chi connectivity index (χ0) is 29.2. The Morgan fingerprint density at radius 2 is 1.05 bits per heavy atom. The van der Waals surface area contributed by atoms with Gasteiger partial charge in [0.15, 0.2) is 5.58 Å². The van der Waals surface area contributed by atoms with Crippen molar-refractivity contribution in [2.45, 2.75) is 52.4 Å². The molecular formula is C39H36N2O. The molecule has 0 aliphatic rings. The summed E-state index contributed by atoms with van der Waals surface area (Å²) in [7, 11) is 0. The van der Waals surface area contributed by atoms with Gasteiger partial charge in [0.25, 0.3) is 0 Å². The van der Waals surface area contributed by atoms with Crippen molar-refractivity contribution < 1.29 is 4.42 Å².